The highest BCUT2D eigenvalue weighted by atomic mass is 35.5. The van der Waals surface area contributed by atoms with E-state index >= 15 is 0 Å². The van der Waals surface area contributed by atoms with Gasteiger partial charge in [0.2, 0.25) is 0 Å². The van der Waals surface area contributed by atoms with Crippen LogP contribution in [0.3, 0.4) is 0 Å². The monoisotopic (exact) mass is 435 g/mol. The van der Waals surface area contributed by atoms with E-state index in [9.17, 15) is 4.91 Å². The molecular weight excluding hydrogens is 390 g/mol. The molecule has 30 heavy (non-hydrogen) atoms. The fourth-order valence-corrected chi connectivity index (χ4v) is 9.59. The van der Waals surface area contributed by atoms with Gasteiger partial charge in [0, 0.05) is 0 Å². The molecule has 0 aromatic carbocycles. The second kappa shape index (κ2) is 8.35. The molecule has 6 unspecified atom stereocenters. The zero-order valence-corrected chi connectivity index (χ0v) is 21.0. The molecule has 4 saturated carbocycles. The standard InChI is InChI=1S/C27H46ClNO/c1-18(2)7-6-8-19(3)22-11-12-23-21-10-9-20-17-27(28,29-30)16-15-25(20,4)24(21)13-14-26(22,23)5/h18-24H,6-17H2,1-5H3/t19-,20+,21?,22?,23?,24?,25?,26?,27+/m1/s1. The van der Waals surface area contributed by atoms with E-state index in [1.165, 1.54) is 57.8 Å². The summed E-state index contributed by atoms with van der Waals surface area (Å²) >= 11 is 6.56. The highest BCUT2D eigenvalue weighted by Gasteiger charge is 2.61. The maximum atomic E-state index is 11.4. The summed E-state index contributed by atoms with van der Waals surface area (Å²) in [6.45, 7) is 12.5. The van der Waals surface area contributed by atoms with Gasteiger partial charge in [0.15, 0.2) is 5.00 Å². The van der Waals surface area contributed by atoms with E-state index in [0.29, 0.717) is 16.7 Å². The summed E-state index contributed by atoms with van der Waals surface area (Å²) in [7, 11) is 0. The van der Waals surface area contributed by atoms with Crippen molar-refractivity contribution in [2.24, 2.45) is 57.4 Å². The largest absolute Gasteiger partial charge is 0.175 e. The molecule has 0 aromatic heterocycles. The third-order valence-electron chi connectivity index (χ3n) is 11.0. The van der Waals surface area contributed by atoms with Crippen molar-refractivity contribution in [2.75, 3.05) is 0 Å². The summed E-state index contributed by atoms with van der Waals surface area (Å²) in [6, 6.07) is 0. The molecule has 4 fully saturated rings. The zero-order chi connectivity index (χ0) is 21.7. The molecule has 0 aliphatic heterocycles. The Labute approximate surface area is 190 Å². The van der Waals surface area contributed by atoms with Crippen LogP contribution < -0.4 is 0 Å². The van der Waals surface area contributed by atoms with Crippen LogP contribution in [0.2, 0.25) is 0 Å². The van der Waals surface area contributed by atoms with Gasteiger partial charge in [-0.3, -0.25) is 0 Å². The smallest absolute Gasteiger partial charge is 0.149 e. The second-order valence-corrected chi connectivity index (χ2v) is 13.6. The highest BCUT2D eigenvalue weighted by molar-refractivity contribution is 6.23. The molecule has 2 nitrogen and oxygen atoms in total. The Kier molecular flexibility index (Phi) is 6.42. The molecule has 0 aromatic rings. The molecule has 0 amide bonds. The maximum absolute atomic E-state index is 11.4. The lowest BCUT2D eigenvalue weighted by Gasteiger charge is -2.61. The lowest BCUT2D eigenvalue weighted by Crippen LogP contribution is -2.55. The van der Waals surface area contributed by atoms with Crippen molar-refractivity contribution in [1.29, 1.82) is 0 Å². The van der Waals surface area contributed by atoms with E-state index in [0.717, 1.165) is 54.8 Å². The van der Waals surface area contributed by atoms with Crippen molar-refractivity contribution in [2.45, 2.75) is 117 Å². The van der Waals surface area contributed by atoms with Crippen molar-refractivity contribution >= 4 is 11.6 Å². The first-order valence-electron chi connectivity index (χ1n) is 13.2. The number of rotatable bonds is 6. The van der Waals surface area contributed by atoms with E-state index in [-0.39, 0.29) is 0 Å². The van der Waals surface area contributed by atoms with Crippen LogP contribution in [0.5, 0.6) is 0 Å². The lowest BCUT2D eigenvalue weighted by atomic mass is 9.44. The van der Waals surface area contributed by atoms with Crippen molar-refractivity contribution in [3.05, 3.63) is 4.91 Å². The minimum absolute atomic E-state index is 0.383. The summed E-state index contributed by atoms with van der Waals surface area (Å²) in [4.78, 5) is 10.5. The maximum Gasteiger partial charge on any atom is 0.175 e. The first kappa shape index (κ1) is 23.1. The van der Waals surface area contributed by atoms with Gasteiger partial charge < -0.3 is 0 Å². The van der Waals surface area contributed by atoms with E-state index in [1.807, 2.05) is 0 Å². The topological polar surface area (TPSA) is 29.4 Å². The van der Waals surface area contributed by atoms with Gasteiger partial charge in [0.25, 0.3) is 0 Å². The fraction of sp³-hybridized carbons (Fsp3) is 1.00. The number of nitrogens with zero attached hydrogens (tertiary/aromatic N) is 1. The van der Waals surface area contributed by atoms with Crippen LogP contribution in [-0.4, -0.2) is 5.00 Å². The summed E-state index contributed by atoms with van der Waals surface area (Å²) in [5, 5.41) is 3.35. The van der Waals surface area contributed by atoms with E-state index in [4.69, 9.17) is 11.6 Å². The van der Waals surface area contributed by atoms with Crippen LogP contribution in [0, 0.1) is 57.2 Å². The van der Waals surface area contributed by atoms with Gasteiger partial charge in [-0.2, -0.15) is 0 Å². The van der Waals surface area contributed by atoms with Gasteiger partial charge in [-0.25, -0.2) is 0 Å². The third-order valence-corrected chi connectivity index (χ3v) is 11.4. The molecule has 0 radical (unpaired) electrons. The first-order chi connectivity index (χ1) is 14.1. The first-order valence-corrected chi connectivity index (χ1v) is 13.5. The van der Waals surface area contributed by atoms with Gasteiger partial charge in [-0.1, -0.05) is 65.5 Å². The molecule has 0 saturated heterocycles. The Morgan fingerprint density at radius 1 is 0.900 bits per heavy atom. The highest BCUT2D eigenvalue weighted by Crippen LogP contribution is 2.69. The van der Waals surface area contributed by atoms with Crippen molar-refractivity contribution in [3.63, 3.8) is 0 Å². The predicted octanol–water partition coefficient (Wildman–Crippen LogP) is 8.81. The minimum Gasteiger partial charge on any atom is -0.149 e. The van der Waals surface area contributed by atoms with E-state index in [2.05, 4.69) is 39.8 Å². The molecular formula is C27H46ClNO. The quantitative estimate of drug-likeness (QED) is 0.232. The van der Waals surface area contributed by atoms with Crippen LogP contribution >= 0.6 is 11.6 Å². The van der Waals surface area contributed by atoms with Crippen LogP contribution in [0.4, 0.5) is 0 Å². The zero-order valence-electron chi connectivity index (χ0n) is 20.3. The van der Waals surface area contributed by atoms with Crippen LogP contribution in [0.1, 0.15) is 112 Å². The molecule has 4 aliphatic carbocycles. The number of hydrogen-bond donors (Lipinski definition) is 0. The van der Waals surface area contributed by atoms with Crippen molar-refractivity contribution in [1.82, 2.24) is 0 Å². The average molecular weight is 436 g/mol. The number of hydrogen-bond acceptors (Lipinski definition) is 2. The normalized spacial score (nSPS) is 49.2. The number of halogens is 1. The Morgan fingerprint density at radius 2 is 1.63 bits per heavy atom. The average Bonchev–Trinajstić information content (AvgIpc) is 3.05. The Balaban J connectivity index is 1.47. The molecule has 4 rings (SSSR count). The van der Waals surface area contributed by atoms with E-state index in [1.54, 1.807) is 0 Å². The van der Waals surface area contributed by atoms with E-state index < -0.39 is 5.00 Å². The number of alkyl halides is 1. The molecule has 4 aliphatic rings. The number of nitroso groups, excluding NO2 is 1. The molecule has 3 heteroatoms. The summed E-state index contributed by atoms with van der Waals surface area (Å²) in [6.07, 6.45) is 15.3. The molecule has 172 valence electrons. The molecule has 0 N–H and O–H groups in total. The summed E-state index contributed by atoms with van der Waals surface area (Å²) < 4.78 is 0. The SMILES string of the molecule is CC(C)CCC[C@@H](C)C1CCC2C3CC[C@H]4C[C@@](Cl)(N=O)CCC4(C)C3CCC21C. The third kappa shape index (κ3) is 3.80. The molecule has 0 spiro atoms. The van der Waals surface area contributed by atoms with Crippen LogP contribution in [0.15, 0.2) is 5.18 Å². The molecule has 0 bridgehead atoms. The minimum atomic E-state index is -0.815. The van der Waals surface area contributed by atoms with Gasteiger partial charge in [-0.15, -0.1) is 4.91 Å². The van der Waals surface area contributed by atoms with Gasteiger partial charge in [0.1, 0.15) is 0 Å². The van der Waals surface area contributed by atoms with Crippen LogP contribution in [0.25, 0.3) is 0 Å². The fourth-order valence-electron chi connectivity index (χ4n) is 9.31. The molecule has 0 heterocycles. The van der Waals surface area contributed by atoms with Gasteiger partial charge in [0.05, 0.1) is 0 Å². The summed E-state index contributed by atoms with van der Waals surface area (Å²) in [5.74, 6) is 5.93. The number of fused-ring (bicyclic) bond motifs is 5. The van der Waals surface area contributed by atoms with Crippen molar-refractivity contribution in [3.8, 4) is 0 Å². The lowest BCUT2D eigenvalue weighted by molar-refractivity contribution is -0.118. The van der Waals surface area contributed by atoms with Gasteiger partial charge in [-0.05, 0) is 115 Å². The Morgan fingerprint density at radius 3 is 2.33 bits per heavy atom. The Hall–Kier alpha value is -0.110. The molecule has 9 atom stereocenters. The van der Waals surface area contributed by atoms with Crippen molar-refractivity contribution < 1.29 is 0 Å². The summed E-state index contributed by atoms with van der Waals surface area (Å²) in [5.41, 5.74) is 0.950. The predicted molar refractivity (Wildman–Crippen MR) is 127 cm³/mol. The Bertz CT molecular complexity index is 636. The van der Waals surface area contributed by atoms with Crippen LogP contribution in [-0.2, 0) is 0 Å². The van der Waals surface area contributed by atoms with Gasteiger partial charge >= 0.3 is 0 Å². The second-order valence-electron chi connectivity index (χ2n) is 12.9.